The van der Waals surface area contributed by atoms with E-state index in [0.717, 1.165) is 28.6 Å². The Morgan fingerprint density at radius 2 is 1.75 bits per heavy atom. The molecule has 28 heavy (non-hydrogen) atoms. The third-order valence-electron chi connectivity index (χ3n) is 4.43. The van der Waals surface area contributed by atoms with E-state index in [9.17, 15) is 0 Å². The molecule has 0 saturated heterocycles. The molecule has 0 spiro atoms. The number of imidazole rings is 1. The zero-order valence-electron chi connectivity index (χ0n) is 14.9. The molecular formula is C20H16N8. The molecule has 5 aromatic rings. The van der Waals surface area contributed by atoms with Crippen LogP contribution in [-0.2, 0) is 6.54 Å². The van der Waals surface area contributed by atoms with Gasteiger partial charge in [-0.15, -0.1) is 0 Å². The third kappa shape index (κ3) is 2.86. The Hall–Kier alpha value is -4.07. The lowest BCUT2D eigenvalue weighted by Gasteiger charge is -2.12. The van der Waals surface area contributed by atoms with E-state index in [-0.39, 0.29) is 0 Å². The quantitative estimate of drug-likeness (QED) is 0.477. The molecular weight excluding hydrogens is 352 g/mol. The normalized spacial score (nSPS) is 11.0. The minimum absolute atomic E-state index is 0.596. The molecule has 0 atom stereocenters. The van der Waals surface area contributed by atoms with E-state index in [0.29, 0.717) is 6.54 Å². The second kappa shape index (κ2) is 6.92. The minimum atomic E-state index is 0.596. The van der Waals surface area contributed by atoms with Crippen molar-refractivity contribution in [1.82, 2.24) is 39.1 Å². The van der Waals surface area contributed by atoms with Crippen LogP contribution in [0.2, 0.25) is 0 Å². The molecule has 0 aliphatic heterocycles. The maximum absolute atomic E-state index is 4.58. The van der Waals surface area contributed by atoms with Crippen molar-refractivity contribution in [3.8, 4) is 23.0 Å². The molecule has 0 saturated carbocycles. The standard InChI is InChI=1S/C20H16N8/c1-2-6-17(7-3-1)28-18(8-10-24-28)20-23-11-12-26(20)13-16-5-4-9-22-19(16)27-15-21-14-25-27/h1-12,14-15H,13H2. The molecule has 136 valence electrons. The summed E-state index contributed by atoms with van der Waals surface area (Å²) in [7, 11) is 0. The average molecular weight is 368 g/mol. The number of nitrogens with zero attached hydrogens (tertiary/aromatic N) is 8. The summed E-state index contributed by atoms with van der Waals surface area (Å²) in [4.78, 5) is 13.1. The Kier molecular flexibility index (Phi) is 3.98. The zero-order chi connectivity index (χ0) is 18.8. The maximum atomic E-state index is 4.58. The van der Waals surface area contributed by atoms with Crippen molar-refractivity contribution in [2.75, 3.05) is 0 Å². The Morgan fingerprint density at radius 3 is 2.61 bits per heavy atom. The van der Waals surface area contributed by atoms with Gasteiger partial charge in [0, 0.05) is 24.2 Å². The van der Waals surface area contributed by atoms with E-state index >= 15 is 0 Å². The van der Waals surface area contributed by atoms with Gasteiger partial charge in [-0.25, -0.2) is 24.3 Å². The monoisotopic (exact) mass is 368 g/mol. The number of aromatic nitrogens is 8. The maximum Gasteiger partial charge on any atom is 0.160 e. The van der Waals surface area contributed by atoms with Crippen LogP contribution in [-0.4, -0.2) is 39.1 Å². The summed E-state index contributed by atoms with van der Waals surface area (Å²) < 4.78 is 5.63. The summed E-state index contributed by atoms with van der Waals surface area (Å²) >= 11 is 0. The van der Waals surface area contributed by atoms with Crippen LogP contribution in [0.5, 0.6) is 0 Å². The van der Waals surface area contributed by atoms with Gasteiger partial charge in [-0.1, -0.05) is 24.3 Å². The Balaban J connectivity index is 1.54. The smallest absolute Gasteiger partial charge is 0.160 e. The van der Waals surface area contributed by atoms with Gasteiger partial charge in [-0.3, -0.25) is 0 Å². The lowest BCUT2D eigenvalue weighted by molar-refractivity contribution is 0.757. The Morgan fingerprint density at radius 1 is 0.821 bits per heavy atom. The predicted octanol–water partition coefficient (Wildman–Crippen LogP) is 2.76. The van der Waals surface area contributed by atoms with Crippen LogP contribution in [0.3, 0.4) is 0 Å². The summed E-state index contributed by atoms with van der Waals surface area (Å²) in [5.74, 6) is 1.57. The summed E-state index contributed by atoms with van der Waals surface area (Å²) in [6.45, 7) is 0.596. The lowest BCUT2D eigenvalue weighted by atomic mass is 10.2. The van der Waals surface area contributed by atoms with Crippen LogP contribution in [0.15, 0.2) is 86.0 Å². The Labute approximate surface area is 160 Å². The zero-order valence-corrected chi connectivity index (χ0v) is 14.9. The van der Waals surface area contributed by atoms with Gasteiger partial charge in [-0.2, -0.15) is 10.2 Å². The fourth-order valence-corrected chi connectivity index (χ4v) is 3.18. The van der Waals surface area contributed by atoms with Crippen molar-refractivity contribution in [2.45, 2.75) is 6.54 Å². The van der Waals surface area contributed by atoms with Crippen LogP contribution < -0.4 is 0 Å². The molecule has 0 unspecified atom stereocenters. The number of para-hydroxylation sites is 1. The van der Waals surface area contributed by atoms with E-state index in [1.54, 1.807) is 29.6 Å². The highest BCUT2D eigenvalue weighted by atomic mass is 15.3. The summed E-state index contributed by atoms with van der Waals surface area (Å²) in [6, 6.07) is 15.9. The van der Waals surface area contributed by atoms with Crippen LogP contribution in [0.4, 0.5) is 0 Å². The molecule has 0 N–H and O–H groups in total. The van der Waals surface area contributed by atoms with Gasteiger partial charge in [-0.05, 0) is 24.3 Å². The summed E-state index contributed by atoms with van der Waals surface area (Å²) in [5, 5.41) is 8.68. The number of hydrogen-bond donors (Lipinski definition) is 0. The SMILES string of the molecule is c1ccc(-n2nccc2-c2nccn2Cc2cccnc2-n2cncn2)cc1. The highest BCUT2D eigenvalue weighted by Gasteiger charge is 2.15. The molecule has 4 aromatic heterocycles. The van der Waals surface area contributed by atoms with Gasteiger partial charge in [0.2, 0.25) is 0 Å². The van der Waals surface area contributed by atoms with E-state index in [1.807, 2.05) is 59.4 Å². The molecule has 0 aliphatic rings. The lowest BCUT2D eigenvalue weighted by Crippen LogP contribution is -2.09. The molecule has 0 aliphatic carbocycles. The highest BCUT2D eigenvalue weighted by Crippen LogP contribution is 2.22. The van der Waals surface area contributed by atoms with E-state index in [4.69, 9.17) is 0 Å². The third-order valence-corrected chi connectivity index (χ3v) is 4.43. The first-order chi connectivity index (χ1) is 13.9. The molecule has 5 rings (SSSR count). The number of pyridine rings is 1. The van der Waals surface area contributed by atoms with Gasteiger partial charge < -0.3 is 4.57 Å². The number of benzene rings is 1. The second-order valence-corrected chi connectivity index (χ2v) is 6.17. The average Bonchev–Trinajstić information content (AvgIpc) is 3.50. The van der Waals surface area contributed by atoms with E-state index < -0.39 is 0 Å². The first-order valence-electron chi connectivity index (χ1n) is 8.80. The van der Waals surface area contributed by atoms with Crippen LogP contribution in [0.1, 0.15) is 5.56 Å². The molecule has 8 heteroatoms. The first-order valence-corrected chi connectivity index (χ1v) is 8.80. The van der Waals surface area contributed by atoms with E-state index in [1.165, 1.54) is 6.33 Å². The van der Waals surface area contributed by atoms with Crippen molar-refractivity contribution < 1.29 is 0 Å². The molecule has 0 fully saturated rings. The van der Waals surface area contributed by atoms with Crippen LogP contribution in [0.25, 0.3) is 23.0 Å². The number of hydrogen-bond acceptors (Lipinski definition) is 5. The first kappa shape index (κ1) is 16.1. The van der Waals surface area contributed by atoms with Gasteiger partial charge in [0.15, 0.2) is 11.6 Å². The van der Waals surface area contributed by atoms with Crippen molar-refractivity contribution >= 4 is 0 Å². The molecule has 0 amide bonds. The van der Waals surface area contributed by atoms with Crippen LogP contribution in [0, 0.1) is 0 Å². The summed E-state index contributed by atoms with van der Waals surface area (Å²) in [6.07, 6.45) is 10.4. The van der Waals surface area contributed by atoms with Crippen molar-refractivity contribution in [2.24, 2.45) is 0 Å². The highest BCUT2D eigenvalue weighted by molar-refractivity contribution is 5.54. The minimum Gasteiger partial charge on any atom is -0.325 e. The molecule has 4 heterocycles. The second-order valence-electron chi connectivity index (χ2n) is 6.17. The molecule has 0 bridgehead atoms. The van der Waals surface area contributed by atoms with Gasteiger partial charge in [0.1, 0.15) is 18.3 Å². The Bertz CT molecular complexity index is 1190. The topological polar surface area (TPSA) is 79.2 Å². The number of rotatable bonds is 5. The fraction of sp³-hybridized carbons (Fsp3) is 0.0500. The largest absolute Gasteiger partial charge is 0.325 e. The van der Waals surface area contributed by atoms with Gasteiger partial charge in [0.05, 0.1) is 18.4 Å². The van der Waals surface area contributed by atoms with Crippen molar-refractivity contribution in [3.05, 3.63) is 91.5 Å². The van der Waals surface area contributed by atoms with Gasteiger partial charge in [0.25, 0.3) is 0 Å². The predicted molar refractivity (Wildman–Crippen MR) is 103 cm³/mol. The van der Waals surface area contributed by atoms with Gasteiger partial charge >= 0.3 is 0 Å². The van der Waals surface area contributed by atoms with Crippen molar-refractivity contribution in [3.63, 3.8) is 0 Å². The molecule has 8 nitrogen and oxygen atoms in total. The molecule has 1 aromatic carbocycles. The van der Waals surface area contributed by atoms with E-state index in [2.05, 4.69) is 29.7 Å². The van der Waals surface area contributed by atoms with Crippen molar-refractivity contribution in [1.29, 1.82) is 0 Å². The molecule has 0 radical (unpaired) electrons. The summed E-state index contributed by atoms with van der Waals surface area (Å²) in [5.41, 5.74) is 2.92. The fourth-order valence-electron chi connectivity index (χ4n) is 3.18. The van der Waals surface area contributed by atoms with Crippen LogP contribution >= 0.6 is 0 Å².